The summed E-state index contributed by atoms with van der Waals surface area (Å²) in [5.74, 6) is 2.41. The minimum Gasteiger partial charge on any atom is -0.497 e. The van der Waals surface area contributed by atoms with Crippen LogP contribution in [0.25, 0.3) is 0 Å². The number of rotatable bonds is 22. The van der Waals surface area contributed by atoms with Crippen molar-refractivity contribution in [3.05, 3.63) is 95.6 Å². The Morgan fingerprint density at radius 2 is 1.43 bits per heavy atom. The molecule has 11 nitrogen and oxygen atoms in total. The van der Waals surface area contributed by atoms with Gasteiger partial charge in [-0.05, 0) is 73.2 Å². The Balaban J connectivity index is 1.08. The first-order valence-corrected chi connectivity index (χ1v) is 19.8. The van der Waals surface area contributed by atoms with E-state index in [-0.39, 0.29) is 36.5 Å². The van der Waals surface area contributed by atoms with Gasteiger partial charge in [0, 0.05) is 43.7 Å². The molecule has 2 aliphatic rings. The Labute approximate surface area is 318 Å². The van der Waals surface area contributed by atoms with Gasteiger partial charge in [0.15, 0.2) is 0 Å². The molecule has 12 heteroatoms. The fourth-order valence-electron chi connectivity index (χ4n) is 7.20. The third kappa shape index (κ3) is 10.9. The quantitative estimate of drug-likeness (QED) is 0.0638. The second-order valence-electron chi connectivity index (χ2n) is 13.5. The van der Waals surface area contributed by atoms with Gasteiger partial charge in [-0.25, -0.2) is 4.79 Å². The summed E-state index contributed by atoms with van der Waals surface area (Å²) in [5, 5.41) is 12.3. The van der Waals surface area contributed by atoms with Gasteiger partial charge >= 0.3 is 6.03 Å². The number of unbranched alkanes of at least 4 members (excludes halogenated alkanes) is 1. The summed E-state index contributed by atoms with van der Waals surface area (Å²) in [5.41, 5.74) is 2.07. The number of thioether (sulfide) groups is 1. The summed E-state index contributed by atoms with van der Waals surface area (Å²) in [6.07, 6.45) is 4.82. The Hall–Kier alpha value is -4.26. The maximum absolute atomic E-state index is 12.9. The van der Waals surface area contributed by atoms with E-state index in [1.807, 2.05) is 78.5 Å². The number of carbonyl (C=O) groups excluding carboxylic acids is 3. The Morgan fingerprint density at radius 3 is 2.06 bits per heavy atom. The predicted molar refractivity (Wildman–Crippen MR) is 210 cm³/mol. The van der Waals surface area contributed by atoms with E-state index in [9.17, 15) is 14.4 Å². The van der Waals surface area contributed by atoms with Crippen LogP contribution in [0.3, 0.4) is 0 Å². The van der Waals surface area contributed by atoms with Crippen LogP contribution in [-0.2, 0) is 19.9 Å². The molecule has 3 aromatic rings. The van der Waals surface area contributed by atoms with Gasteiger partial charge in [0.25, 0.3) is 0 Å². The van der Waals surface area contributed by atoms with Crippen LogP contribution >= 0.6 is 11.8 Å². The fourth-order valence-corrected chi connectivity index (χ4v) is 8.74. The number of benzene rings is 3. The Kier molecular flexibility index (Phi) is 15.3. The SMILES string of the molecule is CCCN(CCCOC(c1ccccc1)(c1ccc(OC)cc1)c1ccc(OC)cc1)CC(=O)NCCNC(=O)CCCC[C@@H]1SC[C@@H]2NC(=O)N[C@@H]21. The second kappa shape index (κ2) is 20.3. The lowest BCUT2D eigenvalue weighted by atomic mass is 9.80. The van der Waals surface area contributed by atoms with Crippen molar-refractivity contribution in [1.29, 1.82) is 0 Å². The number of hydrogen-bond donors (Lipinski definition) is 4. The molecule has 3 atom stereocenters. The number of fused-ring (bicyclic) bond motifs is 1. The number of nitrogens with zero attached hydrogens (tertiary/aromatic N) is 1. The summed E-state index contributed by atoms with van der Waals surface area (Å²) in [6.45, 7) is 5.09. The van der Waals surface area contributed by atoms with Gasteiger partial charge in [0.2, 0.25) is 11.8 Å². The van der Waals surface area contributed by atoms with E-state index in [1.54, 1.807) is 14.2 Å². The summed E-state index contributed by atoms with van der Waals surface area (Å²) < 4.78 is 17.9. The molecule has 0 spiro atoms. The number of urea groups is 1. The Bertz CT molecular complexity index is 1550. The molecular formula is C41H55N5O6S. The van der Waals surface area contributed by atoms with E-state index in [0.29, 0.717) is 37.9 Å². The van der Waals surface area contributed by atoms with Crippen LogP contribution in [0.15, 0.2) is 78.9 Å². The Morgan fingerprint density at radius 1 is 0.811 bits per heavy atom. The van der Waals surface area contributed by atoms with Crippen molar-refractivity contribution in [3.63, 3.8) is 0 Å². The molecule has 2 fully saturated rings. The molecule has 2 heterocycles. The van der Waals surface area contributed by atoms with Crippen LogP contribution in [0.4, 0.5) is 4.79 Å². The zero-order valence-corrected chi connectivity index (χ0v) is 32.1. The lowest BCUT2D eigenvalue weighted by molar-refractivity contribution is -0.123. The highest BCUT2D eigenvalue weighted by molar-refractivity contribution is 8.00. The summed E-state index contributed by atoms with van der Waals surface area (Å²) in [4.78, 5) is 39.0. The molecule has 0 radical (unpaired) electrons. The number of hydrogen-bond acceptors (Lipinski definition) is 8. The molecule has 2 aliphatic heterocycles. The molecule has 4 N–H and O–H groups in total. The number of carbonyl (C=O) groups is 3. The van der Waals surface area contributed by atoms with Gasteiger partial charge < -0.3 is 35.5 Å². The van der Waals surface area contributed by atoms with E-state index in [4.69, 9.17) is 14.2 Å². The van der Waals surface area contributed by atoms with Gasteiger partial charge in [0.1, 0.15) is 17.1 Å². The van der Waals surface area contributed by atoms with Crippen LogP contribution in [0.2, 0.25) is 0 Å². The highest BCUT2D eigenvalue weighted by Crippen LogP contribution is 2.42. The monoisotopic (exact) mass is 745 g/mol. The number of nitrogens with one attached hydrogen (secondary N) is 4. The zero-order chi connectivity index (χ0) is 37.5. The van der Waals surface area contributed by atoms with E-state index in [2.05, 4.69) is 45.2 Å². The molecule has 0 aromatic heterocycles. The fraction of sp³-hybridized carbons (Fsp3) is 0.488. The third-order valence-electron chi connectivity index (χ3n) is 9.87. The first-order chi connectivity index (χ1) is 25.9. The van der Waals surface area contributed by atoms with Crippen LogP contribution in [-0.4, -0.2) is 99.4 Å². The highest BCUT2D eigenvalue weighted by Gasteiger charge is 2.42. The minimum absolute atomic E-state index is 0.00416. The average molecular weight is 746 g/mol. The number of ether oxygens (including phenoxy) is 3. The molecule has 0 aliphatic carbocycles. The van der Waals surface area contributed by atoms with Crippen LogP contribution in [0.1, 0.15) is 62.1 Å². The first-order valence-electron chi connectivity index (χ1n) is 18.8. The lowest BCUT2D eigenvalue weighted by Gasteiger charge is -2.36. The molecule has 286 valence electrons. The maximum Gasteiger partial charge on any atom is 0.315 e. The molecular weight excluding hydrogens is 691 g/mol. The summed E-state index contributed by atoms with van der Waals surface area (Å²) in [6, 6.07) is 26.6. The van der Waals surface area contributed by atoms with Crippen molar-refractivity contribution in [1.82, 2.24) is 26.2 Å². The van der Waals surface area contributed by atoms with Crippen molar-refractivity contribution < 1.29 is 28.6 Å². The predicted octanol–water partition coefficient (Wildman–Crippen LogP) is 5.07. The summed E-state index contributed by atoms with van der Waals surface area (Å²) >= 11 is 1.89. The van der Waals surface area contributed by atoms with Crippen molar-refractivity contribution in [2.75, 3.05) is 59.3 Å². The van der Waals surface area contributed by atoms with Crippen molar-refractivity contribution in [3.8, 4) is 11.5 Å². The van der Waals surface area contributed by atoms with Crippen molar-refractivity contribution >= 4 is 29.6 Å². The minimum atomic E-state index is -0.887. The smallest absolute Gasteiger partial charge is 0.315 e. The summed E-state index contributed by atoms with van der Waals surface area (Å²) in [7, 11) is 3.32. The normalized spacial score (nSPS) is 17.9. The first kappa shape index (κ1) is 39.9. The van der Waals surface area contributed by atoms with Crippen LogP contribution in [0.5, 0.6) is 11.5 Å². The van der Waals surface area contributed by atoms with E-state index in [1.165, 1.54) is 0 Å². The molecule has 2 saturated heterocycles. The molecule has 0 saturated carbocycles. The topological polar surface area (TPSA) is 130 Å². The molecule has 53 heavy (non-hydrogen) atoms. The van der Waals surface area contributed by atoms with Crippen LogP contribution in [0, 0.1) is 0 Å². The lowest BCUT2D eigenvalue weighted by Crippen LogP contribution is -2.41. The van der Waals surface area contributed by atoms with Crippen molar-refractivity contribution in [2.24, 2.45) is 0 Å². The van der Waals surface area contributed by atoms with Gasteiger partial charge in [-0.3, -0.25) is 14.5 Å². The largest absolute Gasteiger partial charge is 0.497 e. The van der Waals surface area contributed by atoms with Gasteiger partial charge in [-0.15, -0.1) is 0 Å². The third-order valence-corrected chi connectivity index (χ3v) is 11.4. The van der Waals surface area contributed by atoms with Gasteiger partial charge in [-0.1, -0.05) is 67.9 Å². The molecule has 3 aromatic carbocycles. The second-order valence-corrected chi connectivity index (χ2v) is 14.8. The molecule has 5 rings (SSSR count). The van der Waals surface area contributed by atoms with E-state index >= 15 is 0 Å². The highest BCUT2D eigenvalue weighted by atomic mass is 32.2. The average Bonchev–Trinajstić information content (AvgIpc) is 3.74. The zero-order valence-electron chi connectivity index (χ0n) is 31.2. The van der Waals surface area contributed by atoms with E-state index < -0.39 is 5.60 Å². The molecule has 0 bridgehead atoms. The standard InChI is InChI=1S/C41H55N5O6S/c1-4-25-46(28-38(48)43-24-23-42-37(47)14-9-8-13-36-39-35(29-53-36)44-40(49)45-39)26-10-27-52-41(30-11-6-5-7-12-30,31-15-19-33(50-2)20-16-31)32-17-21-34(51-3)22-18-32/h5-7,11-12,15-22,35-36,39H,4,8-10,13-14,23-29H2,1-3H3,(H,42,47)(H,43,48)(H2,44,45,49)/t35-,36-,39-/m0/s1. The maximum atomic E-state index is 12.9. The van der Waals surface area contributed by atoms with Gasteiger partial charge in [-0.2, -0.15) is 11.8 Å². The molecule has 0 unspecified atom stereocenters. The molecule has 4 amide bonds. The van der Waals surface area contributed by atoms with Crippen LogP contribution < -0.4 is 30.7 Å². The van der Waals surface area contributed by atoms with Crippen molar-refractivity contribution in [2.45, 2.75) is 68.4 Å². The number of methoxy groups -OCH3 is 2. The van der Waals surface area contributed by atoms with Gasteiger partial charge in [0.05, 0.1) is 32.8 Å². The number of amides is 4. The van der Waals surface area contributed by atoms with E-state index in [0.717, 1.165) is 72.6 Å².